The largest absolute Gasteiger partial charge is 0.386 e. The summed E-state index contributed by atoms with van der Waals surface area (Å²) in [5, 5.41) is 22.5. The van der Waals surface area contributed by atoms with Crippen LogP contribution in [-0.4, -0.2) is 68.5 Å². The number of carbonyl (C=O) groups excluding carboxylic acids is 2. The molecule has 186 valence electrons. The molecule has 6 heterocycles. The number of aliphatic hydroxyl groups excluding tert-OH is 1. The van der Waals surface area contributed by atoms with Gasteiger partial charge in [0, 0.05) is 24.2 Å². The van der Waals surface area contributed by atoms with Gasteiger partial charge in [0.15, 0.2) is 11.4 Å². The zero-order chi connectivity index (χ0) is 25.1. The first kappa shape index (κ1) is 22.7. The topological polar surface area (TPSA) is 168 Å². The number of hydrogen-bond acceptors (Lipinski definition) is 10. The molecule has 6 rings (SSSR count). The number of hydrogen-bond donors (Lipinski definition) is 3. The molecule has 2 aliphatic heterocycles. The van der Waals surface area contributed by atoms with Crippen molar-refractivity contribution >= 4 is 34.5 Å². The number of nitrogens with zero attached hydrogens (tertiary/aromatic N) is 7. The number of aliphatic hydroxyl groups is 1. The van der Waals surface area contributed by atoms with Crippen LogP contribution in [-0.2, 0) is 0 Å². The number of H-pyrrole nitrogens is 1. The predicted octanol–water partition coefficient (Wildman–Crippen LogP) is 2.36. The number of Topliss-reactive ketones (excluding diaryl/α,β-unsaturated/α-hetero) is 1. The minimum Gasteiger partial charge on any atom is -0.386 e. The van der Waals surface area contributed by atoms with Gasteiger partial charge < -0.3 is 20.7 Å². The molecule has 12 nitrogen and oxygen atoms in total. The van der Waals surface area contributed by atoms with Gasteiger partial charge in [0.2, 0.25) is 5.82 Å². The molecule has 4 aromatic rings. The average Bonchev–Trinajstić information content (AvgIpc) is 3.64. The summed E-state index contributed by atoms with van der Waals surface area (Å²) in [7, 11) is 0. The predicted molar refractivity (Wildman–Crippen MR) is 130 cm³/mol. The molecule has 0 radical (unpaired) electrons. The molecule has 1 unspecified atom stereocenters. The van der Waals surface area contributed by atoms with Gasteiger partial charge in [-0.25, -0.2) is 9.97 Å². The Labute approximate surface area is 209 Å². The van der Waals surface area contributed by atoms with Crippen molar-refractivity contribution in [3.8, 4) is 10.4 Å². The highest BCUT2D eigenvalue weighted by Crippen LogP contribution is 2.45. The number of rotatable bonds is 5. The Morgan fingerprint density at radius 3 is 2.61 bits per heavy atom. The first-order valence-corrected chi connectivity index (χ1v) is 12.7. The van der Waals surface area contributed by atoms with Crippen LogP contribution in [0.5, 0.6) is 0 Å². The number of carbonyl (C=O) groups is 2. The summed E-state index contributed by atoms with van der Waals surface area (Å²) in [6.07, 6.45) is 7.19. The number of piperidine rings is 1. The Balaban J connectivity index is 1.40. The number of nitrogens with one attached hydrogen (secondary N) is 1. The monoisotopic (exact) mass is 507 g/mol. The van der Waals surface area contributed by atoms with E-state index < -0.39 is 6.10 Å². The van der Waals surface area contributed by atoms with Crippen molar-refractivity contribution in [2.24, 2.45) is 0 Å². The van der Waals surface area contributed by atoms with Crippen molar-refractivity contribution in [1.82, 2.24) is 39.7 Å². The van der Waals surface area contributed by atoms with Crippen LogP contribution in [0.3, 0.4) is 0 Å². The first-order valence-electron chi connectivity index (χ1n) is 11.8. The second-order valence-electron chi connectivity index (χ2n) is 9.45. The molecule has 2 aliphatic rings. The van der Waals surface area contributed by atoms with E-state index in [2.05, 4.69) is 25.3 Å². The van der Waals surface area contributed by atoms with Crippen molar-refractivity contribution in [2.45, 2.75) is 63.6 Å². The molecular weight excluding hydrogens is 482 g/mol. The molecule has 0 aromatic carbocycles. The number of ketones is 1. The second kappa shape index (κ2) is 8.45. The third-order valence-electron chi connectivity index (χ3n) is 7.18. The summed E-state index contributed by atoms with van der Waals surface area (Å²) in [4.78, 5) is 40.6. The Morgan fingerprint density at radius 2 is 2.00 bits per heavy atom. The van der Waals surface area contributed by atoms with Gasteiger partial charge in [0.1, 0.15) is 23.3 Å². The molecule has 2 saturated heterocycles. The molecule has 0 saturated carbocycles. The van der Waals surface area contributed by atoms with Crippen LogP contribution in [0.2, 0.25) is 0 Å². The summed E-state index contributed by atoms with van der Waals surface area (Å²) in [6.45, 7) is 3.16. The van der Waals surface area contributed by atoms with Crippen LogP contribution in [0.1, 0.15) is 83.2 Å². The number of amides is 1. The van der Waals surface area contributed by atoms with Gasteiger partial charge in [-0.1, -0.05) is 0 Å². The lowest BCUT2D eigenvalue weighted by Gasteiger charge is -2.38. The van der Waals surface area contributed by atoms with E-state index in [9.17, 15) is 14.7 Å². The third kappa shape index (κ3) is 3.49. The van der Waals surface area contributed by atoms with Crippen LogP contribution in [0.4, 0.5) is 5.82 Å². The number of fused-ring (bicyclic) bond motifs is 3. The molecule has 0 spiro atoms. The van der Waals surface area contributed by atoms with Crippen LogP contribution in [0.15, 0.2) is 18.7 Å². The summed E-state index contributed by atoms with van der Waals surface area (Å²) in [5.74, 6) is 0.135. The summed E-state index contributed by atoms with van der Waals surface area (Å²) >= 11 is 1.36. The molecule has 4 atom stereocenters. The first-order chi connectivity index (χ1) is 17.3. The SMILES string of the molecule is CC(=O)c1c([C@H]2C[C@H]3CC[C@@H](C2)N3C(=O)c2nnc[nH]2)nc2c(-c3cnc(C(C)O)s3)cnn2c1N. The van der Waals surface area contributed by atoms with Crippen molar-refractivity contribution in [3.63, 3.8) is 0 Å². The number of aromatic amines is 1. The van der Waals surface area contributed by atoms with E-state index in [1.807, 2.05) is 4.90 Å². The smallest absolute Gasteiger partial charge is 0.292 e. The maximum atomic E-state index is 13.1. The van der Waals surface area contributed by atoms with Gasteiger partial charge in [-0.05, 0) is 39.5 Å². The fourth-order valence-electron chi connectivity index (χ4n) is 5.63. The van der Waals surface area contributed by atoms with Crippen molar-refractivity contribution in [3.05, 3.63) is 40.8 Å². The van der Waals surface area contributed by atoms with E-state index >= 15 is 0 Å². The average molecular weight is 508 g/mol. The Bertz CT molecular complexity index is 1460. The highest BCUT2D eigenvalue weighted by Gasteiger charge is 2.45. The zero-order valence-corrected chi connectivity index (χ0v) is 20.6. The molecule has 0 aliphatic carbocycles. The van der Waals surface area contributed by atoms with Gasteiger partial charge >= 0.3 is 0 Å². The lowest BCUT2D eigenvalue weighted by molar-refractivity contribution is 0.0556. The lowest BCUT2D eigenvalue weighted by atomic mass is 9.85. The minimum absolute atomic E-state index is 0.0184. The van der Waals surface area contributed by atoms with E-state index in [-0.39, 0.29) is 41.3 Å². The fraction of sp³-hybridized carbons (Fsp3) is 0.435. The van der Waals surface area contributed by atoms with E-state index in [1.54, 1.807) is 19.3 Å². The highest BCUT2D eigenvalue weighted by molar-refractivity contribution is 7.15. The molecule has 2 bridgehead atoms. The Morgan fingerprint density at radius 1 is 1.25 bits per heavy atom. The van der Waals surface area contributed by atoms with E-state index in [0.29, 0.717) is 34.8 Å². The molecule has 36 heavy (non-hydrogen) atoms. The van der Waals surface area contributed by atoms with Crippen LogP contribution < -0.4 is 5.73 Å². The van der Waals surface area contributed by atoms with Crippen LogP contribution in [0, 0.1) is 0 Å². The highest BCUT2D eigenvalue weighted by atomic mass is 32.1. The zero-order valence-electron chi connectivity index (χ0n) is 19.7. The third-order valence-corrected chi connectivity index (χ3v) is 8.38. The number of thiazole rings is 1. The van der Waals surface area contributed by atoms with E-state index in [1.165, 1.54) is 29.1 Å². The van der Waals surface area contributed by atoms with Crippen molar-refractivity contribution in [2.75, 3.05) is 5.73 Å². The Kier molecular flexibility index (Phi) is 5.34. The van der Waals surface area contributed by atoms with Crippen molar-refractivity contribution in [1.29, 1.82) is 0 Å². The molecule has 2 fully saturated rings. The summed E-state index contributed by atoms with van der Waals surface area (Å²) in [5.41, 5.74) is 8.81. The molecule has 1 amide bonds. The van der Waals surface area contributed by atoms with E-state index in [4.69, 9.17) is 10.7 Å². The summed E-state index contributed by atoms with van der Waals surface area (Å²) in [6, 6.07) is 0.0368. The van der Waals surface area contributed by atoms with Crippen LogP contribution >= 0.6 is 11.3 Å². The maximum absolute atomic E-state index is 13.1. The second-order valence-corrected chi connectivity index (χ2v) is 10.5. The lowest BCUT2D eigenvalue weighted by Crippen LogP contribution is -2.46. The number of nitrogen functional groups attached to an aromatic ring is 1. The summed E-state index contributed by atoms with van der Waals surface area (Å²) < 4.78 is 1.49. The molecule has 4 aromatic heterocycles. The van der Waals surface area contributed by atoms with Gasteiger partial charge in [0.25, 0.3) is 5.91 Å². The van der Waals surface area contributed by atoms with Crippen molar-refractivity contribution < 1.29 is 14.7 Å². The van der Waals surface area contributed by atoms with Gasteiger partial charge in [-0.15, -0.1) is 21.5 Å². The van der Waals surface area contributed by atoms with Gasteiger partial charge in [-0.3, -0.25) is 9.59 Å². The number of nitrogens with two attached hydrogens (primary N) is 1. The van der Waals surface area contributed by atoms with Gasteiger partial charge in [0.05, 0.1) is 27.9 Å². The quantitative estimate of drug-likeness (QED) is 0.343. The molecular formula is C23H25N9O3S. The fourth-order valence-corrected chi connectivity index (χ4v) is 6.49. The Hall–Kier alpha value is -3.71. The maximum Gasteiger partial charge on any atom is 0.292 e. The minimum atomic E-state index is -0.677. The molecule has 13 heteroatoms. The van der Waals surface area contributed by atoms with E-state index in [0.717, 1.165) is 23.3 Å². The standard InChI is InChI=1S/C23H25N9O3S/c1-10(33)17-18(12-5-13-3-4-14(6-12)31(13)23(35)20-26-9-27-30-20)29-21-15(7-28-32(21)19(17)24)16-8-25-22(36-16)11(2)34/h7-9,11-14,34H,3-6,24H2,1-2H3,(H,26,27,30)/t11?,12-,13+,14-. The van der Waals surface area contributed by atoms with Gasteiger partial charge in [-0.2, -0.15) is 9.61 Å². The molecule has 4 N–H and O–H groups in total. The normalized spacial score (nSPS) is 22.3. The number of aromatic nitrogens is 7. The van der Waals surface area contributed by atoms with Crippen LogP contribution in [0.25, 0.3) is 16.1 Å². The number of anilines is 1.